The van der Waals surface area contributed by atoms with Crippen molar-refractivity contribution in [1.29, 1.82) is 0 Å². The molecule has 1 aliphatic heterocycles. The summed E-state index contributed by atoms with van der Waals surface area (Å²) in [5, 5.41) is 11.6. The molecule has 1 aromatic heterocycles. The molecule has 9 heteroatoms. The summed E-state index contributed by atoms with van der Waals surface area (Å²) in [7, 11) is -1.24. The molecule has 0 aliphatic carbocycles. The Kier molecular flexibility index (Phi) is 19.0. The largest absolute Gasteiger partial charge is 0.396 e. The molecule has 0 amide bonds. The van der Waals surface area contributed by atoms with Crippen molar-refractivity contribution in [2.75, 3.05) is 25.1 Å². The van der Waals surface area contributed by atoms with Crippen LogP contribution in [0.15, 0.2) is 39.8 Å². The van der Waals surface area contributed by atoms with Gasteiger partial charge < -0.3 is 15.2 Å². The molecule has 3 N–H and O–H groups in total. The summed E-state index contributed by atoms with van der Waals surface area (Å²) >= 11 is 3.38. The van der Waals surface area contributed by atoms with Crippen LogP contribution in [0.5, 0.6) is 0 Å². The number of nitrogens with one attached hydrogen (secondary N) is 2. The van der Waals surface area contributed by atoms with Gasteiger partial charge >= 0.3 is 0 Å². The predicted molar refractivity (Wildman–Crippen MR) is 151 cm³/mol. The van der Waals surface area contributed by atoms with E-state index in [9.17, 15) is 4.21 Å². The molecule has 2 heterocycles. The average molecular weight is 574 g/mol. The van der Waals surface area contributed by atoms with Crippen molar-refractivity contribution in [3.8, 4) is 0 Å². The number of hydrogen-bond donors (Lipinski definition) is 3. The Morgan fingerprint density at radius 2 is 1.80 bits per heavy atom. The molecular formula is C26H45BrN4O3S. The van der Waals surface area contributed by atoms with Gasteiger partial charge in [0.05, 0.1) is 21.2 Å². The Hall–Kier alpha value is -1.39. The summed E-state index contributed by atoms with van der Waals surface area (Å²) in [5.74, 6) is 1.60. The first-order chi connectivity index (χ1) is 16.8. The lowest BCUT2D eigenvalue weighted by atomic mass is 10.00. The minimum atomic E-state index is -1.24. The Bertz CT molecular complexity index is 832. The van der Waals surface area contributed by atoms with Gasteiger partial charge in [0.2, 0.25) is 5.95 Å². The summed E-state index contributed by atoms with van der Waals surface area (Å²) < 4.78 is 21.7. The zero-order valence-electron chi connectivity index (χ0n) is 22.6. The highest BCUT2D eigenvalue weighted by Crippen LogP contribution is 2.18. The van der Waals surface area contributed by atoms with E-state index in [2.05, 4.69) is 49.8 Å². The lowest BCUT2D eigenvalue weighted by molar-refractivity contribution is 0.115. The number of benzene rings is 1. The molecule has 1 saturated heterocycles. The molecular weight excluding hydrogens is 528 g/mol. The second kappa shape index (κ2) is 19.8. The molecule has 0 saturated carbocycles. The van der Waals surface area contributed by atoms with E-state index in [0.29, 0.717) is 30.9 Å². The Morgan fingerprint density at radius 1 is 1.17 bits per heavy atom. The number of nitrogens with zero attached hydrogens (tertiary/aromatic N) is 2. The minimum Gasteiger partial charge on any atom is -0.396 e. The van der Waals surface area contributed by atoms with Crippen LogP contribution >= 0.6 is 15.9 Å². The number of anilines is 2. The molecule has 0 spiro atoms. The summed E-state index contributed by atoms with van der Waals surface area (Å²) in [6.07, 6.45) is 3.99. The third kappa shape index (κ3) is 13.5. The van der Waals surface area contributed by atoms with E-state index >= 15 is 0 Å². The van der Waals surface area contributed by atoms with Crippen LogP contribution in [0.1, 0.15) is 67.0 Å². The highest BCUT2D eigenvalue weighted by Gasteiger charge is 2.16. The van der Waals surface area contributed by atoms with Gasteiger partial charge in [-0.1, -0.05) is 48.5 Å². The molecule has 3 atom stereocenters. The SMILES string of the molecule is CC.CC.CC(C)C(C)CO.Cc1nc(Nc2ccc(S(=O)NCC3CCCO3)cc2)ncc1Br. The summed E-state index contributed by atoms with van der Waals surface area (Å²) in [6.45, 7) is 17.9. The van der Waals surface area contributed by atoms with Crippen LogP contribution in [-0.2, 0) is 15.7 Å². The maximum absolute atomic E-state index is 12.2. The molecule has 35 heavy (non-hydrogen) atoms. The number of aliphatic hydroxyl groups excluding tert-OH is 1. The van der Waals surface area contributed by atoms with E-state index in [1.807, 2.05) is 65.8 Å². The standard InChI is InChI=1S/C16H19BrN4O2S.C6H14O.2C2H6/c1-11-15(17)10-18-16(20-11)21-12-4-6-14(7-5-12)24(22)19-9-13-3-2-8-23-13;1-5(2)6(3)4-7;2*1-2/h4-7,10,13,19H,2-3,8-9H2,1H3,(H,18,20,21);5-7H,4H2,1-3H3;2*1-2H3. The van der Waals surface area contributed by atoms with Crippen molar-refractivity contribution in [3.05, 3.63) is 40.6 Å². The molecule has 200 valence electrons. The fraction of sp³-hybridized carbons (Fsp3) is 0.615. The second-order valence-corrected chi connectivity index (χ2v) is 10.1. The smallest absolute Gasteiger partial charge is 0.227 e. The second-order valence-electron chi connectivity index (χ2n) is 7.93. The van der Waals surface area contributed by atoms with Crippen molar-refractivity contribution >= 4 is 38.6 Å². The van der Waals surface area contributed by atoms with Crippen LogP contribution in [0, 0.1) is 18.8 Å². The van der Waals surface area contributed by atoms with Crippen LogP contribution in [-0.4, -0.2) is 45.1 Å². The minimum absolute atomic E-state index is 0.174. The molecule has 3 unspecified atom stereocenters. The Morgan fingerprint density at radius 3 is 2.26 bits per heavy atom. The summed E-state index contributed by atoms with van der Waals surface area (Å²) in [6, 6.07) is 7.38. The first kappa shape index (κ1) is 33.6. The van der Waals surface area contributed by atoms with E-state index in [1.165, 1.54) is 0 Å². The van der Waals surface area contributed by atoms with E-state index in [1.54, 1.807) is 6.20 Å². The number of halogens is 1. The average Bonchev–Trinajstić information content (AvgIpc) is 3.41. The molecule has 0 bridgehead atoms. The number of aryl methyl sites for hydroxylation is 1. The number of ether oxygens (including phenoxy) is 1. The van der Waals surface area contributed by atoms with Crippen molar-refractivity contribution in [3.63, 3.8) is 0 Å². The van der Waals surface area contributed by atoms with E-state index in [4.69, 9.17) is 9.84 Å². The van der Waals surface area contributed by atoms with Gasteiger partial charge in [-0.05, 0) is 71.8 Å². The summed E-state index contributed by atoms with van der Waals surface area (Å²) in [5.41, 5.74) is 1.71. The topological polar surface area (TPSA) is 96.4 Å². The number of aliphatic hydroxyl groups is 1. The fourth-order valence-electron chi connectivity index (χ4n) is 2.57. The van der Waals surface area contributed by atoms with E-state index in [0.717, 1.165) is 40.2 Å². The van der Waals surface area contributed by atoms with Gasteiger partial charge in [-0.3, -0.25) is 0 Å². The predicted octanol–water partition coefficient (Wildman–Crippen LogP) is 6.41. The van der Waals surface area contributed by atoms with Gasteiger partial charge in [-0.15, -0.1) is 0 Å². The Balaban J connectivity index is 0.000000897. The van der Waals surface area contributed by atoms with Gasteiger partial charge in [0.25, 0.3) is 0 Å². The highest BCUT2D eigenvalue weighted by molar-refractivity contribution is 9.10. The molecule has 1 fully saturated rings. The molecule has 0 radical (unpaired) electrons. The normalized spacial score (nSPS) is 16.0. The first-order valence-corrected chi connectivity index (χ1v) is 14.5. The fourth-order valence-corrected chi connectivity index (χ4v) is 3.65. The number of hydrogen-bond acceptors (Lipinski definition) is 6. The van der Waals surface area contributed by atoms with Crippen molar-refractivity contribution < 1.29 is 14.1 Å². The molecule has 1 aliphatic rings. The zero-order chi connectivity index (χ0) is 26.8. The third-order valence-corrected chi connectivity index (χ3v) is 7.04. The van der Waals surface area contributed by atoms with E-state index in [-0.39, 0.29) is 6.10 Å². The van der Waals surface area contributed by atoms with Crippen LogP contribution in [0.25, 0.3) is 0 Å². The third-order valence-electron chi connectivity index (χ3n) is 5.14. The van der Waals surface area contributed by atoms with Crippen LogP contribution in [0.2, 0.25) is 0 Å². The summed E-state index contributed by atoms with van der Waals surface area (Å²) in [4.78, 5) is 9.28. The number of rotatable bonds is 8. The van der Waals surface area contributed by atoms with E-state index < -0.39 is 11.0 Å². The lowest BCUT2D eigenvalue weighted by Crippen LogP contribution is -2.27. The maximum atomic E-state index is 12.2. The zero-order valence-corrected chi connectivity index (χ0v) is 25.0. The lowest BCUT2D eigenvalue weighted by Gasteiger charge is -2.11. The molecule has 7 nitrogen and oxygen atoms in total. The quantitative estimate of drug-likeness (QED) is 0.338. The van der Waals surface area contributed by atoms with Crippen molar-refractivity contribution in [2.24, 2.45) is 11.8 Å². The first-order valence-electron chi connectivity index (χ1n) is 12.5. The molecule has 3 rings (SSSR count). The molecule has 1 aromatic carbocycles. The van der Waals surface area contributed by atoms with Crippen LogP contribution in [0.4, 0.5) is 11.6 Å². The Labute approximate surface area is 223 Å². The van der Waals surface area contributed by atoms with Crippen molar-refractivity contribution in [2.45, 2.75) is 79.2 Å². The van der Waals surface area contributed by atoms with Gasteiger partial charge in [0.1, 0.15) is 11.0 Å². The van der Waals surface area contributed by atoms with Gasteiger partial charge in [-0.2, -0.15) is 0 Å². The number of aromatic nitrogens is 2. The monoisotopic (exact) mass is 572 g/mol. The van der Waals surface area contributed by atoms with Gasteiger partial charge in [0, 0.05) is 31.6 Å². The van der Waals surface area contributed by atoms with Gasteiger partial charge in [-0.25, -0.2) is 18.9 Å². The van der Waals surface area contributed by atoms with Crippen LogP contribution in [0.3, 0.4) is 0 Å². The van der Waals surface area contributed by atoms with Gasteiger partial charge in [0.15, 0.2) is 0 Å². The highest BCUT2D eigenvalue weighted by atomic mass is 79.9. The van der Waals surface area contributed by atoms with Crippen molar-refractivity contribution in [1.82, 2.24) is 14.7 Å². The molecule has 2 aromatic rings. The van der Waals surface area contributed by atoms with Crippen LogP contribution < -0.4 is 10.0 Å². The maximum Gasteiger partial charge on any atom is 0.227 e.